The molecule has 0 bridgehead atoms. The van der Waals surface area contributed by atoms with Crippen molar-refractivity contribution in [2.24, 2.45) is 0 Å². The molecule has 4 rings (SSSR count). The fraction of sp³-hybridized carbons (Fsp3) is 0.300. The molecular weight excluding hydrogens is 437 g/mol. The lowest BCUT2D eigenvalue weighted by molar-refractivity contribution is -0.173. The summed E-state index contributed by atoms with van der Waals surface area (Å²) in [6, 6.07) is 8.29. The molecule has 0 spiro atoms. The Morgan fingerprint density at radius 3 is 2.77 bits per heavy atom. The van der Waals surface area contributed by atoms with E-state index in [1.54, 1.807) is 29.6 Å². The van der Waals surface area contributed by atoms with Gasteiger partial charge in [0.15, 0.2) is 11.7 Å². The molecule has 2 N–H and O–H groups in total. The lowest BCUT2D eigenvalue weighted by Gasteiger charge is -2.32. The fourth-order valence-corrected chi connectivity index (χ4v) is 4.60. The largest absolute Gasteiger partial charge is 0.410 e. The standard InChI is InChI=1S/C20H18ClF3N4OS/c1-2-11-6-3-4-7-12(11)26-19(29)17-16(21)18-25-13(14-8-5-9-30-14)10-15(20(22,23)24)28(18)27-17/h3-9,13,15,25H,2,10H2,1H3,(H,26,29)/t13-,15+/m1/s1. The van der Waals surface area contributed by atoms with Crippen molar-refractivity contribution in [3.63, 3.8) is 0 Å². The summed E-state index contributed by atoms with van der Waals surface area (Å²) in [7, 11) is 0. The van der Waals surface area contributed by atoms with Crippen molar-refractivity contribution in [3.05, 3.63) is 62.9 Å². The van der Waals surface area contributed by atoms with Crippen LogP contribution in [0.5, 0.6) is 0 Å². The second kappa shape index (κ2) is 7.96. The van der Waals surface area contributed by atoms with Gasteiger partial charge in [0, 0.05) is 17.0 Å². The molecule has 0 saturated carbocycles. The van der Waals surface area contributed by atoms with Crippen LogP contribution in [0.2, 0.25) is 5.02 Å². The van der Waals surface area contributed by atoms with Crippen LogP contribution in [0.1, 0.15) is 46.4 Å². The van der Waals surface area contributed by atoms with E-state index in [2.05, 4.69) is 15.7 Å². The van der Waals surface area contributed by atoms with Crippen molar-refractivity contribution in [1.29, 1.82) is 0 Å². The predicted molar refractivity (Wildman–Crippen MR) is 111 cm³/mol. The van der Waals surface area contributed by atoms with E-state index in [0.717, 1.165) is 15.1 Å². The Hall–Kier alpha value is -2.52. The molecule has 0 unspecified atom stereocenters. The SMILES string of the molecule is CCc1ccccc1NC(=O)c1nn2c(c1Cl)N[C@@H](c1cccs1)C[C@H]2C(F)(F)F. The number of nitrogens with one attached hydrogen (secondary N) is 2. The van der Waals surface area contributed by atoms with E-state index in [4.69, 9.17) is 11.6 Å². The molecule has 158 valence electrons. The zero-order valence-electron chi connectivity index (χ0n) is 15.8. The van der Waals surface area contributed by atoms with Gasteiger partial charge >= 0.3 is 6.18 Å². The number of fused-ring (bicyclic) bond motifs is 1. The molecule has 2 aromatic heterocycles. The molecule has 0 radical (unpaired) electrons. The molecular formula is C20H18ClF3N4OS. The maximum atomic E-state index is 13.8. The Morgan fingerprint density at radius 2 is 2.10 bits per heavy atom. The van der Waals surface area contributed by atoms with E-state index < -0.39 is 24.2 Å². The number of halogens is 4. The average molecular weight is 455 g/mol. The van der Waals surface area contributed by atoms with Gasteiger partial charge in [-0.05, 0) is 29.5 Å². The number of carbonyl (C=O) groups is 1. The number of benzene rings is 1. The van der Waals surface area contributed by atoms with Gasteiger partial charge in [0.2, 0.25) is 0 Å². The third kappa shape index (κ3) is 3.79. The van der Waals surface area contributed by atoms with Gasteiger partial charge in [0.1, 0.15) is 10.8 Å². The van der Waals surface area contributed by atoms with Gasteiger partial charge in [-0.3, -0.25) is 4.79 Å². The summed E-state index contributed by atoms with van der Waals surface area (Å²) < 4.78 is 42.2. The maximum absolute atomic E-state index is 13.8. The molecule has 10 heteroatoms. The summed E-state index contributed by atoms with van der Waals surface area (Å²) in [6.45, 7) is 1.94. The van der Waals surface area contributed by atoms with Gasteiger partial charge in [0.05, 0.1) is 6.04 Å². The summed E-state index contributed by atoms with van der Waals surface area (Å²) in [6.07, 6.45) is -4.09. The van der Waals surface area contributed by atoms with Crippen LogP contribution in [0, 0.1) is 0 Å². The van der Waals surface area contributed by atoms with Crippen molar-refractivity contribution >= 4 is 40.4 Å². The number of aryl methyl sites for hydroxylation is 1. The first-order chi connectivity index (χ1) is 14.3. The van der Waals surface area contributed by atoms with Gasteiger partial charge < -0.3 is 10.6 Å². The number of alkyl halides is 3. The number of nitrogens with zero attached hydrogens (tertiary/aromatic N) is 2. The van der Waals surface area contributed by atoms with Crippen LogP contribution in [0.15, 0.2) is 41.8 Å². The number of hydrogen-bond donors (Lipinski definition) is 2. The number of thiophene rings is 1. The summed E-state index contributed by atoms with van der Waals surface area (Å²) >= 11 is 7.71. The molecule has 30 heavy (non-hydrogen) atoms. The molecule has 1 amide bonds. The van der Waals surface area contributed by atoms with Gasteiger partial charge in [-0.2, -0.15) is 18.3 Å². The Labute approximate surface area is 179 Å². The summed E-state index contributed by atoms with van der Waals surface area (Å²) in [4.78, 5) is 13.6. The zero-order chi connectivity index (χ0) is 21.5. The molecule has 0 fully saturated rings. The van der Waals surface area contributed by atoms with Crippen LogP contribution < -0.4 is 10.6 Å². The monoisotopic (exact) mass is 454 g/mol. The summed E-state index contributed by atoms with van der Waals surface area (Å²) in [5.74, 6) is -0.657. The van der Waals surface area contributed by atoms with Crippen molar-refractivity contribution in [3.8, 4) is 0 Å². The molecule has 1 aromatic carbocycles. The number of aromatic nitrogens is 2. The van der Waals surface area contributed by atoms with Crippen LogP contribution in [0.25, 0.3) is 0 Å². The van der Waals surface area contributed by atoms with Crippen LogP contribution in [-0.2, 0) is 6.42 Å². The normalized spacial score (nSPS) is 18.6. The highest BCUT2D eigenvalue weighted by atomic mass is 35.5. The van der Waals surface area contributed by atoms with E-state index in [0.29, 0.717) is 12.1 Å². The topological polar surface area (TPSA) is 59.0 Å². The number of carbonyl (C=O) groups excluding carboxylic acids is 1. The minimum Gasteiger partial charge on any atom is -0.361 e. The van der Waals surface area contributed by atoms with Gasteiger partial charge in [-0.25, -0.2) is 4.68 Å². The van der Waals surface area contributed by atoms with E-state index in [9.17, 15) is 18.0 Å². The van der Waals surface area contributed by atoms with Gasteiger partial charge in [-0.15, -0.1) is 11.3 Å². The Bertz CT molecular complexity index is 1060. The summed E-state index contributed by atoms with van der Waals surface area (Å²) in [5.41, 5.74) is 1.23. The molecule has 1 aliphatic heterocycles. The van der Waals surface area contributed by atoms with E-state index >= 15 is 0 Å². The first kappa shape index (κ1) is 20.7. The Morgan fingerprint density at radius 1 is 1.33 bits per heavy atom. The minimum atomic E-state index is -4.54. The van der Waals surface area contributed by atoms with Crippen molar-refractivity contribution in [2.45, 2.75) is 38.0 Å². The second-order valence-corrected chi connectivity index (χ2v) is 8.28. The van der Waals surface area contributed by atoms with Crippen LogP contribution >= 0.6 is 22.9 Å². The lowest BCUT2D eigenvalue weighted by atomic mass is 10.0. The lowest BCUT2D eigenvalue weighted by Crippen LogP contribution is -2.35. The molecule has 0 aliphatic carbocycles. The smallest absolute Gasteiger partial charge is 0.361 e. The molecule has 2 atom stereocenters. The third-order valence-electron chi connectivity index (χ3n) is 5.04. The number of hydrogen-bond acceptors (Lipinski definition) is 4. The Balaban J connectivity index is 1.70. The van der Waals surface area contributed by atoms with E-state index in [1.165, 1.54) is 11.3 Å². The molecule has 1 aliphatic rings. The zero-order valence-corrected chi connectivity index (χ0v) is 17.4. The molecule has 3 heterocycles. The second-order valence-electron chi connectivity index (χ2n) is 6.93. The third-order valence-corrected chi connectivity index (χ3v) is 6.39. The Kier molecular flexibility index (Phi) is 5.50. The van der Waals surface area contributed by atoms with Crippen LogP contribution in [0.3, 0.4) is 0 Å². The average Bonchev–Trinajstić information content (AvgIpc) is 3.35. The van der Waals surface area contributed by atoms with Crippen molar-refractivity contribution in [2.75, 3.05) is 10.6 Å². The number of anilines is 2. The fourth-order valence-electron chi connectivity index (χ4n) is 3.54. The minimum absolute atomic E-state index is 0.00225. The maximum Gasteiger partial charge on any atom is 0.410 e. The van der Waals surface area contributed by atoms with E-state index in [-0.39, 0.29) is 23.0 Å². The van der Waals surface area contributed by atoms with Crippen molar-refractivity contribution in [1.82, 2.24) is 9.78 Å². The first-order valence-electron chi connectivity index (χ1n) is 9.33. The number of amides is 1. The van der Waals surface area contributed by atoms with Crippen molar-refractivity contribution < 1.29 is 18.0 Å². The highest BCUT2D eigenvalue weighted by molar-refractivity contribution is 7.10. The molecule has 0 saturated heterocycles. The first-order valence-corrected chi connectivity index (χ1v) is 10.6. The number of para-hydroxylation sites is 1. The highest BCUT2D eigenvalue weighted by Gasteiger charge is 2.48. The quantitative estimate of drug-likeness (QED) is 0.502. The van der Waals surface area contributed by atoms with Crippen LogP contribution in [0.4, 0.5) is 24.7 Å². The van der Waals surface area contributed by atoms with Gasteiger partial charge in [-0.1, -0.05) is 42.8 Å². The predicted octanol–water partition coefficient (Wildman–Crippen LogP) is 6.07. The highest BCUT2D eigenvalue weighted by Crippen LogP contribution is 2.46. The molecule has 3 aromatic rings. The number of rotatable bonds is 4. The molecule has 5 nitrogen and oxygen atoms in total. The van der Waals surface area contributed by atoms with Gasteiger partial charge in [0.25, 0.3) is 5.91 Å². The summed E-state index contributed by atoms with van der Waals surface area (Å²) in [5, 5.41) is 11.4. The van der Waals surface area contributed by atoms with E-state index in [1.807, 2.05) is 19.1 Å². The van der Waals surface area contributed by atoms with Crippen LogP contribution in [-0.4, -0.2) is 21.9 Å².